The third-order valence-corrected chi connectivity index (χ3v) is 6.41. The van der Waals surface area contributed by atoms with Crippen molar-refractivity contribution in [2.24, 2.45) is 0 Å². The number of aromatic nitrogens is 4. The third kappa shape index (κ3) is 3.55. The van der Waals surface area contributed by atoms with Gasteiger partial charge in [-0.2, -0.15) is 10.2 Å². The molecule has 1 saturated heterocycles. The molecule has 0 atom stereocenters. The Bertz CT molecular complexity index is 916. The van der Waals surface area contributed by atoms with Crippen molar-refractivity contribution in [3.05, 3.63) is 45.0 Å². The molecule has 0 amide bonds. The van der Waals surface area contributed by atoms with Gasteiger partial charge in [-0.1, -0.05) is 0 Å². The molecule has 7 nitrogen and oxygen atoms in total. The van der Waals surface area contributed by atoms with Crippen LogP contribution in [-0.4, -0.2) is 57.6 Å². The monoisotopic (exact) mass is 380 g/mol. The van der Waals surface area contributed by atoms with Crippen LogP contribution in [0.4, 0.5) is 5.82 Å². The summed E-state index contributed by atoms with van der Waals surface area (Å²) >= 11 is 0. The first-order valence-electron chi connectivity index (χ1n) is 10.7. The minimum absolute atomic E-state index is 0.0488. The van der Waals surface area contributed by atoms with E-state index < -0.39 is 0 Å². The summed E-state index contributed by atoms with van der Waals surface area (Å²) in [6.45, 7) is 5.43. The molecule has 148 valence electrons. The minimum Gasteiger partial charge on any atom is -0.353 e. The van der Waals surface area contributed by atoms with Crippen LogP contribution >= 0.6 is 0 Å². The van der Waals surface area contributed by atoms with Gasteiger partial charge < -0.3 is 4.90 Å². The summed E-state index contributed by atoms with van der Waals surface area (Å²) in [7, 11) is 0. The first-order valence-corrected chi connectivity index (χ1v) is 10.7. The van der Waals surface area contributed by atoms with Gasteiger partial charge in [-0.25, -0.2) is 4.68 Å². The van der Waals surface area contributed by atoms with Crippen LogP contribution < -0.4 is 10.5 Å². The SMILES string of the molecule is O=c1cc2c(nn1CCN1CCN(c3cc4c(nn3)CCC4)CC1)CCCC2. The number of anilines is 1. The smallest absolute Gasteiger partial charge is 0.267 e. The lowest BCUT2D eigenvalue weighted by molar-refractivity contribution is 0.241. The summed E-state index contributed by atoms with van der Waals surface area (Å²) < 4.78 is 1.67. The molecule has 5 rings (SSSR count). The number of piperazine rings is 1. The highest BCUT2D eigenvalue weighted by molar-refractivity contribution is 5.43. The normalized spacial score (nSPS) is 19.5. The van der Waals surface area contributed by atoms with Crippen LogP contribution in [0.25, 0.3) is 0 Å². The highest BCUT2D eigenvalue weighted by Gasteiger charge is 2.21. The lowest BCUT2D eigenvalue weighted by atomic mass is 9.97. The Morgan fingerprint density at radius 1 is 0.786 bits per heavy atom. The molecule has 2 aromatic heterocycles. The molecule has 0 unspecified atom stereocenters. The van der Waals surface area contributed by atoms with E-state index in [2.05, 4.69) is 31.2 Å². The lowest BCUT2D eigenvalue weighted by Gasteiger charge is -2.35. The Kier molecular flexibility index (Phi) is 4.84. The van der Waals surface area contributed by atoms with Crippen molar-refractivity contribution < 1.29 is 0 Å². The Hall–Kier alpha value is -2.28. The maximum Gasteiger partial charge on any atom is 0.267 e. The molecule has 0 radical (unpaired) electrons. The van der Waals surface area contributed by atoms with E-state index in [0.717, 1.165) is 75.5 Å². The van der Waals surface area contributed by atoms with Crippen molar-refractivity contribution in [2.75, 3.05) is 37.6 Å². The standard InChI is InChI=1S/C21H28N6O/c28-21-15-17-4-1-2-6-19(17)24-27(21)13-10-25-8-11-26(12-9-25)20-14-16-5-3-7-18(16)22-23-20/h14-15H,1-13H2. The van der Waals surface area contributed by atoms with Gasteiger partial charge in [0.25, 0.3) is 5.56 Å². The molecule has 0 bridgehead atoms. The maximum absolute atomic E-state index is 12.4. The topological polar surface area (TPSA) is 67.2 Å². The number of hydrogen-bond acceptors (Lipinski definition) is 6. The van der Waals surface area contributed by atoms with Crippen molar-refractivity contribution in [1.29, 1.82) is 0 Å². The van der Waals surface area contributed by atoms with Gasteiger partial charge in [0.1, 0.15) is 0 Å². The molecule has 28 heavy (non-hydrogen) atoms. The van der Waals surface area contributed by atoms with E-state index >= 15 is 0 Å². The molecule has 1 aliphatic heterocycles. The fourth-order valence-electron chi connectivity index (χ4n) is 4.67. The molecule has 0 N–H and O–H groups in total. The van der Waals surface area contributed by atoms with E-state index in [9.17, 15) is 4.79 Å². The van der Waals surface area contributed by atoms with Gasteiger partial charge in [0, 0.05) is 38.8 Å². The average molecular weight is 380 g/mol. The van der Waals surface area contributed by atoms with Crippen LogP contribution in [-0.2, 0) is 32.2 Å². The molecule has 3 aliphatic rings. The van der Waals surface area contributed by atoms with Crippen molar-refractivity contribution in [3.8, 4) is 0 Å². The average Bonchev–Trinajstić information content (AvgIpc) is 3.20. The fraction of sp³-hybridized carbons (Fsp3) is 0.619. The molecule has 3 heterocycles. The second-order valence-corrected chi connectivity index (χ2v) is 8.24. The molecule has 1 fully saturated rings. The van der Waals surface area contributed by atoms with Crippen molar-refractivity contribution in [3.63, 3.8) is 0 Å². The molecule has 0 saturated carbocycles. The van der Waals surface area contributed by atoms with Crippen molar-refractivity contribution in [1.82, 2.24) is 24.9 Å². The predicted octanol–water partition coefficient (Wildman–Crippen LogP) is 1.22. The quantitative estimate of drug-likeness (QED) is 0.795. The van der Waals surface area contributed by atoms with Crippen LogP contribution in [0.15, 0.2) is 16.9 Å². The summed E-state index contributed by atoms with van der Waals surface area (Å²) in [4.78, 5) is 17.1. The summed E-state index contributed by atoms with van der Waals surface area (Å²) in [6.07, 6.45) is 7.80. The van der Waals surface area contributed by atoms with Crippen LogP contribution in [0, 0.1) is 0 Å². The molecular formula is C21H28N6O. The summed E-state index contributed by atoms with van der Waals surface area (Å²) in [5.41, 5.74) is 4.91. The summed E-state index contributed by atoms with van der Waals surface area (Å²) in [5.74, 6) is 1.02. The number of nitrogens with zero attached hydrogens (tertiary/aromatic N) is 6. The second-order valence-electron chi connectivity index (χ2n) is 8.24. The number of rotatable bonds is 4. The number of fused-ring (bicyclic) bond motifs is 2. The van der Waals surface area contributed by atoms with Gasteiger partial charge in [-0.3, -0.25) is 9.69 Å². The van der Waals surface area contributed by atoms with E-state index in [1.54, 1.807) is 4.68 Å². The molecule has 2 aliphatic carbocycles. The van der Waals surface area contributed by atoms with Gasteiger partial charge in [-0.15, -0.1) is 5.10 Å². The number of hydrogen-bond donors (Lipinski definition) is 0. The zero-order valence-electron chi connectivity index (χ0n) is 16.4. The second kappa shape index (κ2) is 7.62. The minimum atomic E-state index is 0.0488. The first-order chi connectivity index (χ1) is 13.8. The fourth-order valence-corrected chi connectivity index (χ4v) is 4.67. The van der Waals surface area contributed by atoms with Crippen LogP contribution in [0.5, 0.6) is 0 Å². The van der Waals surface area contributed by atoms with E-state index in [4.69, 9.17) is 0 Å². The highest BCUT2D eigenvalue weighted by atomic mass is 16.1. The zero-order valence-corrected chi connectivity index (χ0v) is 16.4. The van der Waals surface area contributed by atoms with E-state index in [1.165, 1.54) is 30.5 Å². The number of aryl methyl sites for hydroxylation is 4. The molecule has 2 aromatic rings. The van der Waals surface area contributed by atoms with E-state index in [-0.39, 0.29) is 5.56 Å². The van der Waals surface area contributed by atoms with Gasteiger partial charge >= 0.3 is 0 Å². The Labute approximate surface area is 165 Å². The van der Waals surface area contributed by atoms with Gasteiger partial charge in [0.05, 0.1) is 17.9 Å². The van der Waals surface area contributed by atoms with Crippen molar-refractivity contribution in [2.45, 2.75) is 51.5 Å². The van der Waals surface area contributed by atoms with Crippen LogP contribution in [0.3, 0.4) is 0 Å². The first kappa shape index (κ1) is 17.8. The highest BCUT2D eigenvalue weighted by Crippen LogP contribution is 2.23. The van der Waals surface area contributed by atoms with Gasteiger partial charge in [-0.05, 0) is 62.1 Å². The molecule has 0 aromatic carbocycles. The Morgan fingerprint density at radius 3 is 2.43 bits per heavy atom. The Balaban J connectivity index is 1.17. The Morgan fingerprint density at radius 2 is 1.54 bits per heavy atom. The molecule has 0 spiro atoms. The predicted molar refractivity (Wildman–Crippen MR) is 108 cm³/mol. The van der Waals surface area contributed by atoms with Gasteiger partial charge in [0.2, 0.25) is 0 Å². The largest absolute Gasteiger partial charge is 0.353 e. The van der Waals surface area contributed by atoms with Crippen molar-refractivity contribution >= 4 is 5.82 Å². The third-order valence-electron chi connectivity index (χ3n) is 6.41. The van der Waals surface area contributed by atoms with Gasteiger partial charge in [0.15, 0.2) is 5.82 Å². The summed E-state index contributed by atoms with van der Waals surface area (Å²) in [6, 6.07) is 4.05. The van der Waals surface area contributed by atoms with E-state index in [1.807, 2.05) is 6.07 Å². The molecular weight excluding hydrogens is 352 g/mol. The van der Waals surface area contributed by atoms with Crippen LogP contribution in [0.1, 0.15) is 41.8 Å². The summed E-state index contributed by atoms with van der Waals surface area (Å²) in [5, 5.41) is 13.5. The molecule has 7 heteroatoms. The zero-order chi connectivity index (χ0) is 18.9. The van der Waals surface area contributed by atoms with E-state index in [0.29, 0.717) is 6.54 Å². The van der Waals surface area contributed by atoms with Crippen LogP contribution in [0.2, 0.25) is 0 Å². The maximum atomic E-state index is 12.4. The lowest BCUT2D eigenvalue weighted by Crippen LogP contribution is -2.48.